The minimum atomic E-state index is -2.72. The molecule has 132 valence electrons. The van der Waals surface area contributed by atoms with Crippen molar-refractivity contribution in [3.05, 3.63) is 60.7 Å². The monoisotopic (exact) mass is 373 g/mol. The molecule has 6 heteroatoms. The molecule has 4 nitrogen and oxygen atoms in total. The molecule has 2 aliphatic heterocycles. The standard InChI is InChI=1S/C19H24N3OPS/c23-24(17-20-13-15-25-16-14-20)21(18-7-3-1-4-8-18)11-12-22(24)19-9-5-2-6-10-19/h1-10H,11-17H2. The molecule has 2 fully saturated rings. The lowest BCUT2D eigenvalue weighted by molar-refractivity contribution is 0.346. The summed E-state index contributed by atoms with van der Waals surface area (Å²) in [5.74, 6) is 2.27. The van der Waals surface area contributed by atoms with Crippen LogP contribution in [0.25, 0.3) is 0 Å². The van der Waals surface area contributed by atoms with Crippen molar-refractivity contribution in [1.29, 1.82) is 0 Å². The second kappa shape index (κ2) is 7.45. The zero-order valence-corrected chi connectivity index (χ0v) is 16.0. The van der Waals surface area contributed by atoms with Crippen LogP contribution in [-0.4, -0.2) is 48.9 Å². The largest absolute Gasteiger partial charge is 0.304 e. The first-order chi connectivity index (χ1) is 12.3. The van der Waals surface area contributed by atoms with Crippen molar-refractivity contribution in [2.75, 3.05) is 53.3 Å². The SMILES string of the molecule is O=P1(CN2CCSCC2)N(c2ccccc2)CCN1c1ccccc1. The maximum atomic E-state index is 14.3. The van der Waals surface area contributed by atoms with Gasteiger partial charge in [-0.1, -0.05) is 36.4 Å². The molecule has 2 aliphatic rings. The number of anilines is 2. The van der Waals surface area contributed by atoms with Crippen LogP contribution >= 0.6 is 19.2 Å². The van der Waals surface area contributed by atoms with E-state index in [1.54, 1.807) is 0 Å². The third-order valence-corrected chi connectivity index (χ3v) is 8.96. The Balaban J connectivity index is 1.69. The average Bonchev–Trinajstić information content (AvgIpc) is 3.00. The van der Waals surface area contributed by atoms with Gasteiger partial charge >= 0.3 is 0 Å². The molecule has 0 bridgehead atoms. The lowest BCUT2D eigenvalue weighted by Gasteiger charge is -2.37. The summed E-state index contributed by atoms with van der Waals surface area (Å²) in [6.45, 7) is 3.66. The molecule has 0 aromatic heterocycles. The van der Waals surface area contributed by atoms with Gasteiger partial charge in [0.25, 0.3) is 7.44 Å². The van der Waals surface area contributed by atoms with Crippen LogP contribution < -0.4 is 9.34 Å². The third kappa shape index (κ3) is 3.46. The molecule has 2 heterocycles. The minimum absolute atomic E-state index is 0.636. The van der Waals surface area contributed by atoms with E-state index in [-0.39, 0.29) is 0 Å². The fourth-order valence-electron chi connectivity index (χ4n) is 3.61. The van der Waals surface area contributed by atoms with E-state index in [1.165, 1.54) is 0 Å². The quantitative estimate of drug-likeness (QED) is 0.748. The summed E-state index contributed by atoms with van der Waals surface area (Å²) < 4.78 is 18.7. The van der Waals surface area contributed by atoms with E-state index in [4.69, 9.17) is 0 Å². The summed E-state index contributed by atoms with van der Waals surface area (Å²) in [6, 6.07) is 20.5. The number of rotatable bonds is 4. The highest BCUT2D eigenvalue weighted by Crippen LogP contribution is 2.60. The molecule has 25 heavy (non-hydrogen) atoms. The van der Waals surface area contributed by atoms with Gasteiger partial charge in [0.1, 0.15) is 0 Å². The molecular formula is C19H24N3OPS. The van der Waals surface area contributed by atoms with Crippen LogP contribution in [0.15, 0.2) is 60.7 Å². The van der Waals surface area contributed by atoms with Crippen molar-refractivity contribution in [3.8, 4) is 0 Å². The first kappa shape index (κ1) is 17.0. The Labute approximate surface area is 154 Å². The Morgan fingerprint density at radius 3 is 1.72 bits per heavy atom. The molecule has 0 unspecified atom stereocenters. The summed E-state index contributed by atoms with van der Waals surface area (Å²) in [5, 5.41) is 0. The van der Waals surface area contributed by atoms with Crippen LogP contribution in [0.5, 0.6) is 0 Å². The second-order valence-corrected chi connectivity index (χ2v) is 10.3. The van der Waals surface area contributed by atoms with Gasteiger partial charge in [-0.2, -0.15) is 11.8 Å². The Bertz CT molecular complexity index is 685. The predicted octanol–water partition coefficient (Wildman–Crippen LogP) is 4.21. The van der Waals surface area contributed by atoms with Gasteiger partial charge in [0.05, 0.1) is 6.29 Å². The number of hydrogen-bond acceptors (Lipinski definition) is 3. The van der Waals surface area contributed by atoms with Gasteiger partial charge in [-0.25, -0.2) is 0 Å². The van der Waals surface area contributed by atoms with E-state index in [9.17, 15) is 4.57 Å². The number of nitrogens with zero attached hydrogens (tertiary/aromatic N) is 3. The third-order valence-electron chi connectivity index (χ3n) is 4.87. The predicted molar refractivity (Wildman–Crippen MR) is 109 cm³/mol. The summed E-state index contributed by atoms with van der Waals surface area (Å²) >= 11 is 1.99. The van der Waals surface area contributed by atoms with Gasteiger partial charge in [0, 0.05) is 49.1 Å². The first-order valence-electron chi connectivity index (χ1n) is 8.83. The summed E-state index contributed by atoms with van der Waals surface area (Å²) in [4.78, 5) is 2.38. The molecule has 2 aromatic rings. The maximum Gasteiger partial charge on any atom is 0.276 e. The molecule has 0 spiro atoms. The smallest absolute Gasteiger partial charge is 0.276 e. The number of thioether (sulfide) groups is 1. The average molecular weight is 373 g/mol. The van der Waals surface area contributed by atoms with Gasteiger partial charge in [-0.15, -0.1) is 0 Å². The lowest BCUT2D eigenvalue weighted by atomic mass is 10.3. The fourth-order valence-corrected chi connectivity index (χ4v) is 7.75. The van der Waals surface area contributed by atoms with Gasteiger partial charge in [0.15, 0.2) is 0 Å². The highest BCUT2D eigenvalue weighted by atomic mass is 32.2. The molecule has 0 saturated carbocycles. The van der Waals surface area contributed by atoms with E-state index >= 15 is 0 Å². The molecule has 0 radical (unpaired) electrons. The topological polar surface area (TPSA) is 26.8 Å². The van der Waals surface area contributed by atoms with Gasteiger partial charge in [0.2, 0.25) is 0 Å². The van der Waals surface area contributed by atoms with Crippen molar-refractivity contribution in [1.82, 2.24) is 4.90 Å². The summed E-state index contributed by atoms with van der Waals surface area (Å²) in [7, 11) is -2.72. The Kier molecular flexibility index (Phi) is 5.07. The molecule has 0 aliphatic carbocycles. The molecule has 2 saturated heterocycles. The van der Waals surface area contributed by atoms with E-state index < -0.39 is 7.44 Å². The van der Waals surface area contributed by atoms with Crippen molar-refractivity contribution >= 4 is 30.6 Å². The Morgan fingerprint density at radius 2 is 1.24 bits per heavy atom. The van der Waals surface area contributed by atoms with E-state index in [2.05, 4.69) is 38.5 Å². The summed E-state index contributed by atoms with van der Waals surface area (Å²) in [5.41, 5.74) is 2.13. The van der Waals surface area contributed by atoms with Crippen LogP contribution in [0.4, 0.5) is 11.4 Å². The highest BCUT2D eigenvalue weighted by molar-refractivity contribution is 7.99. The normalized spacial score (nSPS) is 20.8. The van der Waals surface area contributed by atoms with E-state index in [0.717, 1.165) is 49.1 Å². The molecule has 0 N–H and O–H groups in total. The lowest BCUT2D eigenvalue weighted by Crippen LogP contribution is -2.37. The van der Waals surface area contributed by atoms with Crippen LogP contribution in [0, 0.1) is 0 Å². The zero-order valence-electron chi connectivity index (χ0n) is 14.3. The van der Waals surface area contributed by atoms with Crippen LogP contribution in [0.1, 0.15) is 0 Å². The number of benzene rings is 2. The van der Waals surface area contributed by atoms with Gasteiger partial charge in [-0.05, 0) is 24.3 Å². The van der Waals surface area contributed by atoms with Crippen LogP contribution in [0.3, 0.4) is 0 Å². The van der Waals surface area contributed by atoms with Crippen molar-refractivity contribution in [3.63, 3.8) is 0 Å². The number of para-hydroxylation sites is 2. The van der Waals surface area contributed by atoms with Crippen molar-refractivity contribution < 1.29 is 4.57 Å². The highest BCUT2D eigenvalue weighted by Gasteiger charge is 2.44. The van der Waals surface area contributed by atoms with E-state index in [0.29, 0.717) is 6.29 Å². The van der Waals surface area contributed by atoms with Gasteiger partial charge in [-0.3, -0.25) is 9.46 Å². The van der Waals surface area contributed by atoms with E-state index in [1.807, 2.05) is 48.2 Å². The Hall–Kier alpha value is -1.42. The zero-order chi connectivity index (χ0) is 17.1. The fraction of sp³-hybridized carbons (Fsp3) is 0.368. The molecule has 0 amide bonds. The minimum Gasteiger partial charge on any atom is -0.304 e. The Morgan fingerprint density at radius 1 is 0.760 bits per heavy atom. The van der Waals surface area contributed by atoms with Crippen molar-refractivity contribution in [2.45, 2.75) is 0 Å². The second-order valence-electron chi connectivity index (χ2n) is 6.45. The first-order valence-corrected chi connectivity index (χ1v) is 11.8. The maximum absolute atomic E-state index is 14.3. The molecule has 0 atom stereocenters. The van der Waals surface area contributed by atoms with Crippen LogP contribution in [0.2, 0.25) is 0 Å². The molecule has 2 aromatic carbocycles. The van der Waals surface area contributed by atoms with Gasteiger partial charge < -0.3 is 9.34 Å². The van der Waals surface area contributed by atoms with Crippen molar-refractivity contribution in [2.24, 2.45) is 0 Å². The van der Waals surface area contributed by atoms with Crippen LogP contribution in [-0.2, 0) is 4.57 Å². The number of hydrogen-bond donors (Lipinski definition) is 0. The summed E-state index contributed by atoms with van der Waals surface area (Å²) in [6.07, 6.45) is 0.636. The molecular weight excluding hydrogens is 349 g/mol. The molecule has 4 rings (SSSR count).